The summed E-state index contributed by atoms with van der Waals surface area (Å²) in [5, 5.41) is 15.9. The number of hydrogen-bond donors (Lipinski definition) is 2. The maximum absolute atomic E-state index is 10.9. The molecule has 8 heteroatoms. The van der Waals surface area contributed by atoms with Crippen LogP contribution in [-0.4, -0.2) is 15.9 Å². The van der Waals surface area contributed by atoms with Crippen molar-refractivity contribution in [3.05, 3.63) is 64.0 Å². The summed E-state index contributed by atoms with van der Waals surface area (Å²) in [6.07, 6.45) is 0. The summed E-state index contributed by atoms with van der Waals surface area (Å²) in [5.74, 6) is 0. The fraction of sp³-hybridized carbons (Fsp3) is 0. The van der Waals surface area contributed by atoms with Crippen LogP contribution in [0.1, 0.15) is 0 Å². The molecule has 3 rings (SSSR count). The third-order valence-corrected chi connectivity index (χ3v) is 4.15. The number of rotatable bonds is 4. The average molecular weight is 340 g/mol. The van der Waals surface area contributed by atoms with E-state index < -0.39 is 11.0 Å². The van der Waals surface area contributed by atoms with E-state index >= 15 is 0 Å². The number of nitrogens with zero attached hydrogens (tertiary/aromatic N) is 2. The minimum Gasteiger partial charge on any atom is -0.351 e. The Bertz CT molecular complexity index is 906. The van der Waals surface area contributed by atoms with Crippen LogP contribution in [-0.2, 0) is 0 Å². The zero-order chi connectivity index (χ0) is 17.1. The Labute approximate surface area is 140 Å². The van der Waals surface area contributed by atoms with Gasteiger partial charge in [0, 0.05) is 34.3 Å². The Balaban J connectivity index is 1.86. The molecule has 3 aromatic rings. The lowest BCUT2D eigenvalue weighted by atomic mass is 10.1. The van der Waals surface area contributed by atoms with Gasteiger partial charge in [-0.3, -0.25) is 10.1 Å². The summed E-state index contributed by atoms with van der Waals surface area (Å²) < 4.78 is 0. The maximum Gasteiger partial charge on any atom is 0.316 e. The second-order valence-electron chi connectivity index (χ2n) is 4.91. The summed E-state index contributed by atoms with van der Waals surface area (Å²) in [6.45, 7) is 0. The summed E-state index contributed by atoms with van der Waals surface area (Å²) in [7, 11) is 0. The zero-order valence-electron chi connectivity index (χ0n) is 12.3. The predicted octanol–water partition coefficient (Wildman–Crippen LogP) is 3.88. The van der Waals surface area contributed by atoms with Crippen molar-refractivity contribution in [1.29, 1.82) is 0 Å². The molecule has 2 aromatic carbocycles. The number of nitro groups is 1. The number of nitrogens with two attached hydrogens (primary N) is 1. The number of nitrogens with one attached hydrogen (secondary N) is 1. The van der Waals surface area contributed by atoms with Crippen molar-refractivity contribution >= 4 is 28.7 Å². The molecule has 7 nitrogen and oxygen atoms in total. The van der Waals surface area contributed by atoms with Gasteiger partial charge in [-0.25, -0.2) is 9.78 Å². The SMILES string of the molecule is NC(=O)Nc1ccc(-c2csc(-c3cccc([N+](=O)[O-])c3)n2)cc1. The van der Waals surface area contributed by atoms with Gasteiger partial charge in [-0.15, -0.1) is 11.3 Å². The molecule has 0 radical (unpaired) electrons. The van der Waals surface area contributed by atoms with Crippen LogP contribution in [0.15, 0.2) is 53.9 Å². The van der Waals surface area contributed by atoms with Gasteiger partial charge in [-0.2, -0.15) is 0 Å². The van der Waals surface area contributed by atoms with Gasteiger partial charge in [-0.1, -0.05) is 24.3 Å². The number of amides is 2. The first-order valence-electron chi connectivity index (χ1n) is 6.90. The molecule has 0 bridgehead atoms. The Kier molecular flexibility index (Phi) is 4.21. The van der Waals surface area contributed by atoms with Crippen molar-refractivity contribution in [2.24, 2.45) is 5.73 Å². The summed E-state index contributed by atoms with van der Waals surface area (Å²) in [4.78, 5) is 25.8. The molecule has 0 aliphatic carbocycles. The van der Waals surface area contributed by atoms with Crippen LogP contribution in [0.5, 0.6) is 0 Å². The molecular formula is C16H12N4O3S. The number of carbonyl (C=O) groups is 1. The Morgan fingerprint density at radius 1 is 1.17 bits per heavy atom. The lowest BCUT2D eigenvalue weighted by molar-refractivity contribution is -0.384. The molecule has 0 aliphatic rings. The molecule has 0 saturated carbocycles. The van der Waals surface area contributed by atoms with Crippen molar-refractivity contribution in [2.75, 3.05) is 5.32 Å². The minimum absolute atomic E-state index is 0.0335. The second-order valence-corrected chi connectivity index (χ2v) is 5.77. The number of thiazole rings is 1. The molecule has 0 saturated heterocycles. The number of urea groups is 1. The van der Waals surface area contributed by atoms with Gasteiger partial charge in [0.25, 0.3) is 5.69 Å². The number of nitro benzene ring substituents is 1. The molecule has 0 fully saturated rings. The van der Waals surface area contributed by atoms with Crippen LogP contribution in [0.3, 0.4) is 0 Å². The van der Waals surface area contributed by atoms with E-state index in [9.17, 15) is 14.9 Å². The summed E-state index contributed by atoms with van der Waals surface area (Å²) in [6, 6.07) is 12.8. The lowest BCUT2D eigenvalue weighted by Gasteiger charge is -2.02. The zero-order valence-corrected chi connectivity index (χ0v) is 13.1. The quantitative estimate of drug-likeness (QED) is 0.554. The molecule has 2 amide bonds. The summed E-state index contributed by atoms with van der Waals surface area (Å²) >= 11 is 1.41. The largest absolute Gasteiger partial charge is 0.351 e. The van der Waals surface area contributed by atoms with E-state index in [0.29, 0.717) is 16.3 Å². The number of non-ortho nitro benzene ring substituents is 1. The Morgan fingerprint density at radius 3 is 2.58 bits per heavy atom. The van der Waals surface area contributed by atoms with Crippen LogP contribution in [0.25, 0.3) is 21.8 Å². The monoisotopic (exact) mass is 340 g/mol. The highest BCUT2D eigenvalue weighted by molar-refractivity contribution is 7.13. The van der Waals surface area contributed by atoms with E-state index in [4.69, 9.17) is 5.73 Å². The molecular weight excluding hydrogens is 328 g/mol. The molecule has 0 unspecified atom stereocenters. The topological polar surface area (TPSA) is 111 Å². The van der Waals surface area contributed by atoms with Crippen LogP contribution in [0.2, 0.25) is 0 Å². The van der Waals surface area contributed by atoms with Crippen molar-refractivity contribution in [2.45, 2.75) is 0 Å². The molecule has 3 N–H and O–H groups in total. The van der Waals surface area contributed by atoms with Crippen molar-refractivity contribution in [3.8, 4) is 21.8 Å². The molecule has 0 spiro atoms. The molecule has 1 heterocycles. The van der Waals surface area contributed by atoms with Gasteiger partial charge in [-0.05, 0) is 12.1 Å². The summed E-state index contributed by atoms with van der Waals surface area (Å²) in [5.41, 5.74) is 8.03. The smallest absolute Gasteiger partial charge is 0.316 e. The normalized spacial score (nSPS) is 10.3. The first-order chi connectivity index (χ1) is 11.5. The molecule has 0 atom stereocenters. The first-order valence-corrected chi connectivity index (χ1v) is 7.78. The number of carbonyl (C=O) groups excluding carboxylic acids is 1. The lowest BCUT2D eigenvalue weighted by Crippen LogP contribution is -2.19. The third kappa shape index (κ3) is 3.39. The van der Waals surface area contributed by atoms with E-state index in [1.165, 1.54) is 23.5 Å². The van der Waals surface area contributed by atoms with Gasteiger partial charge in [0.05, 0.1) is 10.6 Å². The Hall–Kier alpha value is -3.26. The van der Waals surface area contributed by atoms with Crippen LogP contribution < -0.4 is 11.1 Å². The van der Waals surface area contributed by atoms with Gasteiger partial charge in [0.15, 0.2) is 0 Å². The van der Waals surface area contributed by atoms with Crippen molar-refractivity contribution < 1.29 is 9.72 Å². The molecule has 1 aromatic heterocycles. The number of aromatic nitrogens is 1. The van der Waals surface area contributed by atoms with Crippen molar-refractivity contribution in [3.63, 3.8) is 0 Å². The number of benzene rings is 2. The number of anilines is 1. The maximum atomic E-state index is 10.9. The number of primary amides is 1. The fourth-order valence-corrected chi connectivity index (χ4v) is 2.98. The molecule has 0 aliphatic heterocycles. The molecule has 24 heavy (non-hydrogen) atoms. The third-order valence-electron chi connectivity index (χ3n) is 3.26. The van der Waals surface area contributed by atoms with E-state index in [-0.39, 0.29) is 5.69 Å². The van der Waals surface area contributed by atoms with Crippen LogP contribution >= 0.6 is 11.3 Å². The average Bonchev–Trinajstić information content (AvgIpc) is 3.05. The van der Waals surface area contributed by atoms with Crippen LogP contribution in [0, 0.1) is 10.1 Å². The highest BCUT2D eigenvalue weighted by atomic mass is 32.1. The van der Waals surface area contributed by atoms with Crippen molar-refractivity contribution in [1.82, 2.24) is 4.98 Å². The molecule has 120 valence electrons. The number of hydrogen-bond acceptors (Lipinski definition) is 5. The fourth-order valence-electron chi connectivity index (χ4n) is 2.16. The predicted molar refractivity (Wildman–Crippen MR) is 92.8 cm³/mol. The van der Waals surface area contributed by atoms with Gasteiger partial charge in [0.1, 0.15) is 5.01 Å². The van der Waals surface area contributed by atoms with Crippen LogP contribution in [0.4, 0.5) is 16.2 Å². The highest BCUT2D eigenvalue weighted by Gasteiger charge is 2.11. The standard InChI is InChI=1S/C16H12N4O3S/c17-16(21)18-12-6-4-10(5-7-12)14-9-24-15(19-14)11-2-1-3-13(8-11)20(22)23/h1-9H,(H3,17,18,21). The van der Waals surface area contributed by atoms with E-state index in [2.05, 4.69) is 10.3 Å². The van der Waals surface area contributed by atoms with Gasteiger partial charge in [0.2, 0.25) is 0 Å². The van der Waals surface area contributed by atoms with E-state index in [1.807, 2.05) is 17.5 Å². The second kappa shape index (κ2) is 6.47. The highest BCUT2D eigenvalue weighted by Crippen LogP contribution is 2.31. The minimum atomic E-state index is -0.621. The van der Waals surface area contributed by atoms with E-state index in [1.54, 1.807) is 24.3 Å². The Morgan fingerprint density at radius 2 is 1.92 bits per heavy atom. The van der Waals surface area contributed by atoms with Gasteiger partial charge < -0.3 is 11.1 Å². The first kappa shape index (κ1) is 15.6. The van der Waals surface area contributed by atoms with Gasteiger partial charge >= 0.3 is 6.03 Å². The van der Waals surface area contributed by atoms with E-state index in [0.717, 1.165) is 11.3 Å².